The van der Waals surface area contributed by atoms with E-state index in [1.54, 1.807) is 12.1 Å². The van der Waals surface area contributed by atoms with Gasteiger partial charge in [-0.25, -0.2) is 24.4 Å². The van der Waals surface area contributed by atoms with Gasteiger partial charge in [-0.15, -0.1) is 0 Å². The predicted octanol–water partition coefficient (Wildman–Crippen LogP) is 11.1. The van der Waals surface area contributed by atoms with Crippen LogP contribution in [-0.4, -0.2) is 88.8 Å². The summed E-state index contributed by atoms with van der Waals surface area (Å²) in [7, 11) is 2.58. The van der Waals surface area contributed by atoms with Crippen LogP contribution in [0.3, 0.4) is 0 Å². The van der Waals surface area contributed by atoms with Crippen LogP contribution in [0.4, 0.5) is 14.0 Å². The van der Waals surface area contributed by atoms with Crippen LogP contribution in [0.5, 0.6) is 5.75 Å². The molecule has 4 amide bonds. The van der Waals surface area contributed by atoms with Crippen LogP contribution >= 0.6 is 0 Å². The molecule has 73 heavy (non-hydrogen) atoms. The highest BCUT2D eigenvalue weighted by molar-refractivity contribution is 6.05. The first-order chi connectivity index (χ1) is 35.3. The quantitative estimate of drug-likeness (QED) is 0.125. The highest BCUT2D eigenvalue weighted by Crippen LogP contribution is 2.47. The fourth-order valence-corrected chi connectivity index (χ4v) is 11.3. The van der Waals surface area contributed by atoms with Gasteiger partial charge in [0.2, 0.25) is 18.0 Å². The van der Waals surface area contributed by atoms with Crippen LogP contribution in [0.15, 0.2) is 113 Å². The lowest BCUT2D eigenvalue weighted by atomic mass is 9.74. The molecule has 1 saturated carbocycles. The van der Waals surface area contributed by atoms with Gasteiger partial charge in [-0.1, -0.05) is 75.2 Å². The van der Waals surface area contributed by atoms with Gasteiger partial charge in [0.15, 0.2) is 0 Å². The summed E-state index contributed by atoms with van der Waals surface area (Å²) in [6, 6.07) is 28.8. The Labute approximate surface area is 425 Å². The minimum Gasteiger partial charge on any atom is -0.465 e. The number of methoxy groups -OCH3 is 2. The summed E-state index contributed by atoms with van der Waals surface area (Å²) >= 11 is 0. The number of amides is 4. The number of benzene rings is 4. The van der Waals surface area contributed by atoms with Gasteiger partial charge in [0.1, 0.15) is 17.6 Å². The van der Waals surface area contributed by atoms with E-state index >= 15 is 0 Å². The third-order valence-electron chi connectivity index (χ3n) is 15.2. The second-order valence-corrected chi connectivity index (χ2v) is 20.3. The molecule has 10 rings (SSSR count). The number of halogens is 1. The van der Waals surface area contributed by atoms with Gasteiger partial charge in [-0.2, -0.15) is 0 Å². The van der Waals surface area contributed by atoms with Gasteiger partial charge in [0.05, 0.1) is 31.5 Å². The number of allylic oxidation sites excluding steroid dienone is 2. The number of aromatic nitrogens is 1. The number of nitrogens with one attached hydrogen (secondary N) is 2. The minimum atomic E-state index is -0.709. The second kappa shape index (κ2) is 20.5. The lowest BCUT2D eigenvalue weighted by Gasteiger charge is -2.36. The number of hydrazine groups is 1. The third kappa shape index (κ3) is 9.64. The highest BCUT2D eigenvalue weighted by atomic mass is 19.1. The van der Waals surface area contributed by atoms with E-state index in [4.69, 9.17) is 24.2 Å². The van der Waals surface area contributed by atoms with Crippen molar-refractivity contribution in [3.63, 3.8) is 0 Å². The summed E-state index contributed by atoms with van der Waals surface area (Å²) in [5.41, 5.74) is 14.5. The molecule has 1 saturated heterocycles. The molecule has 0 bridgehead atoms. The molecule has 2 fully saturated rings. The standard InChI is InChI=1S/C58H62FN7O7/c1-33(2)53(62-57(69)71-5)55(68)64-25-9-12-50(64)48-28-42(32-61-48)39-19-23-46-51-29-40-26-38(20-24-49(40)65(51)56(73-52(46)30-39)37-17-21-43(59)22-18-37)35-13-15-36(16-14-35)41-27-47(60-31-41)44-10-7-8-11-45(44)54(67)66(34(3)4)63-58(70)72-6/h13-24,26,29-34,44-45,50,53,56H,7-12,25,27-28H2,1-6H3,(H,62,69)(H,63,70)/t44?,45-,50+,53+,56?/m1/s1. The Bertz CT molecular complexity index is 3100. The fraction of sp³-hybridized carbons (Fsp3) is 0.379. The molecule has 0 radical (unpaired) electrons. The summed E-state index contributed by atoms with van der Waals surface area (Å²) in [6.07, 6.45) is 8.40. The summed E-state index contributed by atoms with van der Waals surface area (Å²) in [4.78, 5) is 63.6. The van der Waals surface area contributed by atoms with E-state index in [9.17, 15) is 23.6 Å². The number of alkyl carbamates (subject to hydrolysis) is 1. The van der Waals surface area contributed by atoms with Crippen molar-refractivity contribution in [1.82, 2.24) is 25.2 Å². The van der Waals surface area contributed by atoms with Crippen molar-refractivity contribution in [2.45, 2.75) is 103 Å². The largest absolute Gasteiger partial charge is 0.465 e. The van der Waals surface area contributed by atoms with Crippen molar-refractivity contribution in [3.8, 4) is 28.1 Å². The molecule has 378 valence electrons. The van der Waals surface area contributed by atoms with Crippen LogP contribution in [-0.2, 0) is 19.1 Å². The normalized spacial score (nSPS) is 20.6. The molecule has 14 nitrogen and oxygen atoms in total. The van der Waals surface area contributed by atoms with Gasteiger partial charge in [0.25, 0.3) is 0 Å². The Balaban J connectivity index is 0.869. The molecule has 2 unspecified atom stereocenters. The number of nitrogens with zero attached hydrogens (tertiary/aromatic N) is 5. The first-order valence-corrected chi connectivity index (χ1v) is 25.5. The molecule has 1 aromatic heterocycles. The Morgan fingerprint density at radius 3 is 2.14 bits per heavy atom. The molecule has 4 aliphatic heterocycles. The van der Waals surface area contributed by atoms with Crippen LogP contribution < -0.4 is 15.5 Å². The maximum Gasteiger partial charge on any atom is 0.425 e. The van der Waals surface area contributed by atoms with Crippen molar-refractivity contribution < 1.29 is 37.8 Å². The molecule has 5 atom stereocenters. The van der Waals surface area contributed by atoms with Gasteiger partial charge in [-0.3, -0.25) is 19.6 Å². The summed E-state index contributed by atoms with van der Waals surface area (Å²) < 4.78 is 33.1. The minimum absolute atomic E-state index is 0.0128. The number of fused-ring (bicyclic) bond motifs is 5. The van der Waals surface area contributed by atoms with Gasteiger partial charge in [-0.05, 0) is 121 Å². The lowest BCUT2D eigenvalue weighted by molar-refractivity contribution is -0.142. The summed E-state index contributed by atoms with van der Waals surface area (Å²) in [5.74, 6) is -0.290. The first-order valence-electron chi connectivity index (χ1n) is 25.5. The van der Waals surface area contributed by atoms with Gasteiger partial charge >= 0.3 is 12.2 Å². The number of carbonyl (C=O) groups excluding carboxylic acids is 4. The van der Waals surface area contributed by atoms with E-state index in [0.29, 0.717) is 25.1 Å². The van der Waals surface area contributed by atoms with Gasteiger partial charge < -0.3 is 29.0 Å². The smallest absolute Gasteiger partial charge is 0.425 e. The average molecular weight is 988 g/mol. The molecular weight excluding hydrogens is 926 g/mol. The number of carbonyl (C=O) groups is 4. The van der Waals surface area contributed by atoms with Crippen molar-refractivity contribution in [2.75, 3.05) is 20.8 Å². The zero-order valence-electron chi connectivity index (χ0n) is 42.2. The molecule has 0 spiro atoms. The predicted molar refractivity (Wildman–Crippen MR) is 280 cm³/mol. The number of likely N-dealkylation sites (tertiary alicyclic amines) is 1. The second-order valence-electron chi connectivity index (χ2n) is 20.3. The molecule has 5 heterocycles. The van der Waals surface area contributed by atoms with Crippen molar-refractivity contribution >= 4 is 57.5 Å². The summed E-state index contributed by atoms with van der Waals surface area (Å²) in [6.45, 7) is 8.15. The van der Waals surface area contributed by atoms with Gasteiger partial charge in [0, 0.05) is 77.6 Å². The number of aliphatic imine (C=N–C) groups is 2. The van der Waals surface area contributed by atoms with E-state index in [-0.39, 0.29) is 47.5 Å². The first kappa shape index (κ1) is 49.0. The third-order valence-corrected chi connectivity index (χ3v) is 15.2. The molecule has 5 aromatic rings. The van der Waals surface area contributed by atoms with E-state index in [0.717, 1.165) is 111 Å². The van der Waals surface area contributed by atoms with Crippen molar-refractivity contribution in [2.24, 2.45) is 27.7 Å². The number of hydrogen-bond donors (Lipinski definition) is 2. The Morgan fingerprint density at radius 2 is 1.41 bits per heavy atom. The molecule has 2 N–H and O–H groups in total. The monoisotopic (exact) mass is 987 g/mol. The zero-order chi connectivity index (χ0) is 51.1. The van der Waals surface area contributed by atoms with Crippen LogP contribution in [0, 0.1) is 23.6 Å². The highest BCUT2D eigenvalue weighted by Gasteiger charge is 2.41. The van der Waals surface area contributed by atoms with Crippen molar-refractivity contribution in [3.05, 3.63) is 126 Å². The topological polar surface area (TPSA) is 156 Å². The van der Waals surface area contributed by atoms with Crippen LogP contribution in [0.1, 0.15) is 102 Å². The molecule has 1 aliphatic carbocycles. The maximum absolute atomic E-state index is 14.4. The molecule has 5 aliphatic rings. The Hall–Kier alpha value is -7.55. The number of hydrogen-bond acceptors (Lipinski definition) is 9. The summed E-state index contributed by atoms with van der Waals surface area (Å²) in [5, 5.41) is 5.17. The Morgan fingerprint density at radius 1 is 0.740 bits per heavy atom. The molecular formula is C58H62FN7O7. The Kier molecular flexibility index (Phi) is 13.8. The fourth-order valence-electron chi connectivity index (χ4n) is 11.3. The lowest BCUT2D eigenvalue weighted by Crippen LogP contribution is -2.54. The van der Waals surface area contributed by atoms with E-state index in [1.807, 2.05) is 45.0 Å². The van der Waals surface area contributed by atoms with E-state index in [2.05, 4.69) is 82.0 Å². The SMILES string of the molecule is COC(=O)N[C@H](C(=O)N1CCC[C@H]1C1=NC=C(c2ccc3c(c2)OC(c2ccc(F)cc2)n2c-3cc3cc(-c4ccc(C5=CN=C(C6CCCC[C@H]6C(=O)N(NC(=O)OC)C(C)C)C5)cc4)ccc32)C1)C(C)C. The van der Waals surface area contributed by atoms with E-state index in [1.165, 1.54) is 31.4 Å². The van der Waals surface area contributed by atoms with Crippen LogP contribution in [0.25, 0.3) is 44.4 Å². The number of rotatable bonds is 11. The van der Waals surface area contributed by atoms with E-state index < -0.39 is 24.5 Å². The average Bonchev–Trinajstić information content (AvgIpc) is 4.26. The molecule has 15 heteroatoms. The van der Waals surface area contributed by atoms with Crippen LogP contribution in [0.2, 0.25) is 0 Å². The zero-order valence-corrected chi connectivity index (χ0v) is 42.2. The van der Waals surface area contributed by atoms with Crippen molar-refractivity contribution in [1.29, 1.82) is 0 Å². The molecule has 4 aromatic carbocycles. The maximum atomic E-state index is 14.4. The number of ether oxygens (including phenoxy) is 3.